The van der Waals surface area contributed by atoms with E-state index in [0.29, 0.717) is 5.69 Å². The lowest BCUT2D eigenvalue weighted by molar-refractivity contribution is -0.117. The van der Waals surface area contributed by atoms with Crippen LogP contribution in [-0.2, 0) is 11.3 Å². The molecule has 2 aromatic rings. The van der Waals surface area contributed by atoms with E-state index in [-0.39, 0.29) is 18.0 Å². The molecule has 0 saturated heterocycles. The molecule has 0 atom stereocenters. The monoisotopic (exact) mass is 307 g/mol. The highest BCUT2D eigenvalue weighted by atomic mass is 79.9. The Morgan fingerprint density at radius 2 is 2.00 bits per heavy atom. The van der Waals surface area contributed by atoms with Crippen LogP contribution in [0.15, 0.2) is 51.9 Å². The highest BCUT2D eigenvalue weighted by molar-refractivity contribution is 9.10. The van der Waals surface area contributed by atoms with Crippen molar-refractivity contribution in [3.8, 4) is 0 Å². The van der Waals surface area contributed by atoms with E-state index in [9.17, 15) is 9.59 Å². The zero-order valence-corrected chi connectivity index (χ0v) is 10.9. The minimum absolute atomic E-state index is 0.101. The minimum Gasteiger partial charge on any atom is -0.324 e. The van der Waals surface area contributed by atoms with Gasteiger partial charge >= 0.3 is 0 Å². The van der Waals surface area contributed by atoms with E-state index < -0.39 is 0 Å². The number of halogens is 1. The fraction of sp³-hybridized carbons (Fsp3) is 0.0833. The average Bonchev–Trinajstić information content (AvgIpc) is 2.35. The van der Waals surface area contributed by atoms with Crippen molar-refractivity contribution in [2.45, 2.75) is 6.54 Å². The minimum atomic E-state index is -0.302. The fourth-order valence-corrected chi connectivity index (χ4v) is 1.64. The van der Waals surface area contributed by atoms with Crippen LogP contribution in [0.5, 0.6) is 0 Å². The van der Waals surface area contributed by atoms with Gasteiger partial charge in [-0.3, -0.25) is 9.59 Å². The summed E-state index contributed by atoms with van der Waals surface area (Å²) in [5.41, 5.74) is 0.371. The predicted molar refractivity (Wildman–Crippen MR) is 71.3 cm³/mol. The molecule has 0 spiro atoms. The summed E-state index contributed by atoms with van der Waals surface area (Å²) in [6.07, 6.45) is 1.47. The van der Waals surface area contributed by atoms with E-state index in [2.05, 4.69) is 26.3 Å². The zero-order valence-electron chi connectivity index (χ0n) is 9.34. The molecule has 2 rings (SSSR count). The number of carbonyl (C=O) groups excluding carboxylic acids is 1. The van der Waals surface area contributed by atoms with Crippen molar-refractivity contribution in [2.24, 2.45) is 0 Å². The van der Waals surface area contributed by atoms with Crippen LogP contribution in [0.4, 0.5) is 5.69 Å². The normalized spacial score (nSPS) is 10.1. The number of nitrogens with one attached hydrogen (secondary N) is 1. The average molecular weight is 308 g/mol. The highest BCUT2D eigenvalue weighted by Gasteiger charge is 2.05. The summed E-state index contributed by atoms with van der Waals surface area (Å²) in [4.78, 5) is 23.1. The van der Waals surface area contributed by atoms with Gasteiger partial charge < -0.3 is 5.32 Å². The first-order chi connectivity index (χ1) is 8.65. The molecule has 6 heteroatoms. The van der Waals surface area contributed by atoms with Gasteiger partial charge in [-0.05, 0) is 30.3 Å². The summed E-state index contributed by atoms with van der Waals surface area (Å²) in [6.45, 7) is -0.101. The Balaban J connectivity index is 2.03. The van der Waals surface area contributed by atoms with E-state index in [4.69, 9.17) is 0 Å². The third-order valence-corrected chi connectivity index (χ3v) is 2.74. The van der Waals surface area contributed by atoms with Crippen LogP contribution in [0.3, 0.4) is 0 Å². The first kappa shape index (κ1) is 12.5. The number of aromatic nitrogens is 2. The lowest BCUT2D eigenvalue weighted by Gasteiger charge is -2.06. The van der Waals surface area contributed by atoms with Crippen molar-refractivity contribution in [1.82, 2.24) is 9.78 Å². The molecule has 0 unspecified atom stereocenters. The van der Waals surface area contributed by atoms with E-state index in [1.807, 2.05) is 12.1 Å². The second kappa shape index (κ2) is 5.59. The van der Waals surface area contributed by atoms with E-state index >= 15 is 0 Å². The molecule has 1 amide bonds. The van der Waals surface area contributed by atoms with E-state index in [0.717, 1.165) is 9.15 Å². The number of nitrogens with zero attached hydrogens (tertiary/aromatic N) is 2. The van der Waals surface area contributed by atoms with Crippen LogP contribution in [-0.4, -0.2) is 15.7 Å². The molecule has 92 valence electrons. The first-order valence-electron chi connectivity index (χ1n) is 5.23. The predicted octanol–water partition coefficient (Wildman–Crippen LogP) is 1.64. The van der Waals surface area contributed by atoms with Crippen LogP contribution in [0.1, 0.15) is 0 Å². The van der Waals surface area contributed by atoms with Gasteiger partial charge in [-0.2, -0.15) is 5.10 Å². The number of rotatable bonds is 3. The summed E-state index contributed by atoms with van der Waals surface area (Å²) >= 11 is 3.31. The number of benzene rings is 1. The van der Waals surface area contributed by atoms with Gasteiger partial charge in [0, 0.05) is 22.4 Å². The summed E-state index contributed by atoms with van der Waals surface area (Å²) in [5.74, 6) is -0.293. The topological polar surface area (TPSA) is 64.0 Å². The van der Waals surface area contributed by atoms with Gasteiger partial charge in [0.15, 0.2) is 0 Å². The maximum Gasteiger partial charge on any atom is 0.267 e. The van der Waals surface area contributed by atoms with Gasteiger partial charge in [-0.15, -0.1) is 0 Å². The van der Waals surface area contributed by atoms with Gasteiger partial charge in [0.2, 0.25) is 5.91 Å². The van der Waals surface area contributed by atoms with Crippen LogP contribution in [0.2, 0.25) is 0 Å². The quantitative estimate of drug-likeness (QED) is 0.937. The van der Waals surface area contributed by atoms with Crippen molar-refractivity contribution in [2.75, 3.05) is 5.32 Å². The number of anilines is 1. The Kier molecular flexibility index (Phi) is 3.88. The lowest BCUT2D eigenvalue weighted by atomic mass is 10.3. The molecule has 1 aromatic carbocycles. The van der Waals surface area contributed by atoms with E-state index in [1.165, 1.54) is 18.3 Å². The summed E-state index contributed by atoms with van der Waals surface area (Å²) in [7, 11) is 0. The molecule has 1 heterocycles. The molecule has 18 heavy (non-hydrogen) atoms. The van der Waals surface area contributed by atoms with Gasteiger partial charge in [-0.1, -0.05) is 15.9 Å². The molecule has 0 bridgehead atoms. The highest BCUT2D eigenvalue weighted by Crippen LogP contribution is 2.13. The summed E-state index contributed by atoms with van der Waals surface area (Å²) in [5, 5.41) is 6.50. The molecule has 1 N–H and O–H groups in total. The molecule has 0 saturated carbocycles. The fourth-order valence-electron chi connectivity index (χ4n) is 1.38. The molecule has 0 aliphatic heterocycles. The summed E-state index contributed by atoms with van der Waals surface area (Å²) in [6, 6.07) is 10.1. The number of hydrogen-bond acceptors (Lipinski definition) is 3. The molecule has 1 aromatic heterocycles. The third kappa shape index (κ3) is 3.27. The van der Waals surface area contributed by atoms with Crippen LogP contribution in [0.25, 0.3) is 0 Å². The maximum atomic E-state index is 11.7. The SMILES string of the molecule is O=C(Cn1ncccc1=O)Nc1ccc(Br)cc1. The summed E-state index contributed by atoms with van der Waals surface area (Å²) < 4.78 is 2.04. The van der Waals surface area contributed by atoms with Crippen molar-refractivity contribution in [3.63, 3.8) is 0 Å². The van der Waals surface area contributed by atoms with Crippen LogP contribution >= 0.6 is 15.9 Å². The second-order valence-corrected chi connectivity index (χ2v) is 4.49. The number of carbonyl (C=O) groups is 1. The Hall–Kier alpha value is -1.95. The number of amides is 1. The Labute approximate surface area is 112 Å². The van der Waals surface area contributed by atoms with Crippen molar-refractivity contribution in [3.05, 3.63) is 57.4 Å². The zero-order chi connectivity index (χ0) is 13.0. The molecular formula is C12H10BrN3O2. The van der Waals surface area contributed by atoms with Crippen LogP contribution < -0.4 is 10.9 Å². The molecule has 0 aliphatic rings. The van der Waals surface area contributed by atoms with Gasteiger partial charge in [-0.25, -0.2) is 4.68 Å². The third-order valence-electron chi connectivity index (χ3n) is 2.21. The van der Waals surface area contributed by atoms with Crippen molar-refractivity contribution < 1.29 is 4.79 Å². The van der Waals surface area contributed by atoms with Gasteiger partial charge in [0.25, 0.3) is 5.56 Å². The molecule has 5 nitrogen and oxygen atoms in total. The van der Waals surface area contributed by atoms with Gasteiger partial charge in [0.1, 0.15) is 6.54 Å². The first-order valence-corrected chi connectivity index (χ1v) is 6.02. The molecule has 0 fully saturated rings. The molecule has 0 radical (unpaired) electrons. The van der Waals surface area contributed by atoms with Gasteiger partial charge in [0.05, 0.1) is 0 Å². The van der Waals surface area contributed by atoms with Crippen LogP contribution in [0, 0.1) is 0 Å². The molecule has 0 aliphatic carbocycles. The van der Waals surface area contributed by atoms with E-state index in [1.54, 1.807) is 12.1 Å². The van der Waals surface area contributed by atoms with Crippen molar-refractivity contribution >= 4 is 27.5 Å². The second-order valence-electron chi connectivity index (χ2n) is 3.57. The smallest absolute Gasteiger partial charge is 0.267 e. The Bertz CT molecular complexity index is 607. The lowest BCUT2D eigenvalue weighted by Crippen LogP contribution is -2.28. The molecular weight excluding hydrogens is 298 g/mol. The Morgan fingerprint density at radius 3 is 2.67 bits per heavy atom. The Morgan fingerprint density at radius 1 is 1.28 bits per heavy atom. The van der Waals surface area contributed by atoms with Crippen molar-refractivity contribution in [1.29, 1.82) is 0 Å². The largest absolute Gasteiger partial charge is 0.324 e. The standard InChI is InChI=1S/C12H10BrN3O2/c13-9-3-5-10(6-4-9)15-11(17)8-16-12(18)2-1-7-14-16/h1-7H,8H2,(H,15,17). The maximum absolute atomic E-state index is 11.7. The number of hydrogen-bond donors (Lipinski definition) is 1.